The highest BCUT2D eigenvalue weighted by atomic mass is 16.1. The van der Waals surface area contributed by atoms with Crippen LogP contribution in [0.1, 0.15) is 36.2 Å². The molecule has 1 fully saturated rings. The summed E-state index contributed by atoms with van der Waals surface area (Å²) >= 11 is 0. The third kappa shape index (κ3) is 4.57. The molecule has 29 heavy (non-hydrogen) atoms. The minimum atomic E-state index is -0.0559. The normalized spacial score (nSPS) is 15.0. The van der Waals surface area contributed by atoms with Crippen LogP contribution in [0.3, 0.4) is 0 Å². The van der Waals surface area contributed by atoms with Gasteiger partial charge in [0.15, 0.2) is 0 Å². The van der Waals surface area contributed by atoms with E-state index in [1.807, 2.05) is 0 Å². The van der Waals surface area contributed by atoms with Crippen LogP contribution in [0.5, 0.6) is 0 Å². The summed E-state index contributed by atoms with van der Waals surface area (Å²) in [5, 5.41) is 0. The van der Waals surface area contributed by atoms with Crippen molar-refractivity contribution >= 4 is 5.95 Å². The second kappa shape index (κ2) is 9.05. The number of quaternary nitrogens is 1. The summed E-state index contributed by atoms with van der Waals surface area (Å²) in [5.41, 5.74) is 3.52. The molecular formula is C24H29N4O+. The molecule has 2 N–H and O–H groups in total. The molecule has 1 aliphatic heterocycles. The zero-order valence-electron chi connectivity index (χ0n) is 17.0. The summed E-state index contributed by atoms with van der Waals surface area (Å²) in [6, 6.07) is 23.5. The first-order valence-corrected chi connectivity index (χ1v) is 10.5. The van der Waals surface area contributed by atoms with Gasteiger partial charge in [0.2, 0.25) is 5.95 Å². The molecule has 0 bridgehead atoms. The molecule has 1 aliphatic rings. The number of hydrogen-bond acceptors (Lipinski definition) is 3. The number of aromatic nitrogens is 2. The number of rotatable bonds is 6. The Morgan fingerprint density at radius 3 is 2.14 bits per heavy atom. The average Bonchev–Trinajstić information content (AvgIpc) is 2.76. The summed E-state index contributed by atoms with van der Waals surface area (Å²) in [4.78, 5) is 23.4. The van der Waals surface area contributed by atoms with Gasteiger partial charge in [-0.2, -0.15) is 0 Å². The lowest BCUT2D eigenvalue weighted by atomic mass is 9.96. The summed E-state index contributed by atoms with van der Waals surface area (Å²) < 4.78 is 0. The molecule has 0 unspecified atom stereocenters. The van der Waals surface area contributed by atoms with Crippen LogP contribution in [-0.4, -0.2) is 36.1 Å². The molecule has 2 heterocycles. The van der Waals surface area contributed by atoms with Crippen molar-refractivity contribution in [1.29, 1.82) is 0 Å². The molecular weight excluding hydrogens is 360 g/mol. The van der Waals surface area contributed by atoms with Gasteiger partial charge in [-0.3, -0.25) is 9.78 Å². The third-order valence-electron chi connectivity index (χ3n) is 5.67. The number of nitrogens with zero attached hydrogens (tertiary/aromatic N) is 2. The zero-order chi connectivity index (χ0) is 20.1. The predicted octanol–water partition coefficient (Wildman–Crippen LogP) is 2.22. The van der Waals surface area contributed by atoms with E-state index in [-0.39, 0.29) is 5.56 Å². The van der Waals surface area contributed by atoms with Crippen molar-refractivity contribution < 1.29 is 4.90 Å². The van der Waals surface area contributed by atoms with Gasteiger partial charge in [-0.25, -0.2) is 4.98 Å². The minimum Gasteiger partial charge on any atom is -0.331 e. The van der Waals surface area contributed by atoms with Crippen LogP contribution in [0.15, 0.2) is 71.5 Å². The molecule has 5 nitrogen and oxygen atoms in total. The van der Waals surface area contributed by atoms with Crippen LogP contribution in [0.4, 0.5) is 5.95 Å². The van der Waals surface area contributed by atoms with Crippen molar-refractivity contribution in [2.75, 3.05) is 31.1 Å². The fourth-order valence-electron chi connectivity index (χ4n) is 4.28. The highest BCUT2D eigenvalue weighted by Gasteiger charge is 2.30. The number of benzene rings is 2. The fraction of sp³-hybridized carbons (Fsp3) is 0.333. The molecule has 0 saturated carbocycles. The lowest BCUT2D eigenvalue weighted by molar-refractivity contribution is -0.926. The number of nitrogens with one attached hydrogen (secondary N) is 2. The molecule has 0 atom stereocenters. The van der Waals surface area contributed by atoms with Crippen LogP contribution in [0.25, 0.3) is 0 Å². The standard InChI is InChI=1S/C24H28N4O/c1-2-9-21-18-22(29)26-24(25-21)28-16-14-27(15-17-28)23(19-10-5-3-6-11-19)20-12-7-4-8-13-20/h3-8,10-13,18,23H,2,9,14-17H2,1H3,(H,25,26,29)/p+1. The summed E-state index contributed by atoms with van der Waals surface area (Å²) in [6.45, 7) is 5.86. The van der Waals surface area contributed by atoms with Gasteiger partial charge in [-0.05, 0) is 6.42 Å². The highest BCUT2D eigenvalue weighted by Crippen LogP contribution is 2.19. The largest absolute Gasteiger partial charge is 0.331 e. The van der Waals surface area contributed by atoms with E-state index in [1.165, 1.54) is 11.1 Å². The Kier molecular flexibility index (Phi) is 6.06. The molecule has 4 rings (SSSR count). The lowest BCUT2D eigenvalue weighted by Crippen LogP contribution is -3.15. The molecule has 0 spiro atoms. The number of anilines is 1. The molecule has 2 aromatic carbocycles. The van der Waals surface area contributed by atoms with E-state index in [9.17, 15) is 4.79 Å². The van der Waals surface area contributed by atoms with E-state index in [2.05, 4.69) is 77.5 Å². The van der Waals surface area contributed by atoms with Crippen LogP contribution >= 0.6 is 0 Å². The van der Waals surface area contributed by atoms with Gasteiger partial charge in [-0.15, -0.1) is 0 Å². The second-order valence-electron chi connectivity index (χ2n) is 7.71. The van der Waals surface area contributed by atoms with E-state index in [1.54, 1.807) is 11.0 Å². The van der Waals surface area contributed by atoms with Crippen molar-refractivity contribution in [2.24, 2.45) is 0 Å². The van der Waals surface area contributed by atoms with Gasteiger partial charge >= 0.3 is 0 Å². The maximum atomic E-state index is 12.0. The SMILES string of the molecule is CCCc1cc(=O)[nH]c(N2CC[NH+](C(c3ccccc3)c3ccccc3)CC2)n1. The molecule has 0 aliphatic carbocycles. The molecule has 150 valence electrons. The Morgan fingerprint density at radius 2 is 1.59 bits per heavy atom. The van der Waals surface area contributed by atoms with Crippen molar-refractivity contribution in [2.45, 2.75) is 25.8 Å². The van der Waals surface area contributed by atoms with Crippen LogP contribution < -0.4 is 15.4 Å². The topological polar surface area (TPSA) is 53.4 Å². The third-order valence-corrected chi connectivity index (χ3v) is 5.67. The van der Waals surface area contributed by atoms with Gasteiger partial charge in [0.25, 0.3) is 5.56 Å². The van der Waals surface area contributed by atoms with Crippen LogP contribution in [-0.2, 0) is 6.42 Å². The summed E-state index contributed by atoms with van der Waals surface area (Å²) in [5.74, 6) is 0.718. The number of piperazine rings is 1. The predicted molar refractivity (Wildman–Crippen MR) is 116 cm³/mol. The Labute approximate surface area is 172 Å². The average molecular weight is 390 g/mol. The van der Waals surface area contributed by atoms with E-state index in [4.69, 9.17) is 4.98 Å². The van der Waals surface area contributed by atoms with Gasteiger partial charge in [-0.1, -0.05) is 74.0 Å². The molecule has 1 saturated heterocycles. The van der Waals surface area contributed by atoms with E-state index < -0.39 is 0 Å². The van der Waals surface area contributed by atoms with E-state index in [0.29, 0.717) is 6.04 Å². The highest BCUT2D eigenvalue weighted by molar-refractivity contribution is 5.32. The zero-order valence-corrected chi connectivity index (χ0v) is 17.0. The van der Waals surface area contributed by atoms with Crippen molar-refractivity contribution in [3.63, 3.8) is 0 Å². The fourth-order valence-corrected chi connectivity index (χ4v) is 4.28. The number of aryl methyl sites for hydroxylation is 1. The maximum absolute atomic E-state index is 12.0. The molecule has 1 aromatic heterocycles. The molecule has 5 heteroatoms. The molecule has 3 aromatic rings. The Bertz CT molecular complexity index is 923. The Morgan fingerprint density at radius 1 is 1.00 bits per heavy atom. The molecule has 0 amide bonds. The van der Waals surface area contributed by atoms with Crippen LogP contribution in [0, 0.1) is 0 Å². The maximum Gasteiger partial charge on any atom is 0.252 e. The first-order chi connectivity index (χ1) is 14.2. The number of aromatic amines is 1. The van der Waals surface area contributed by atoms with Gasteiger partial charge < -0.3 is 9.80 Å². The van der Waals surface area contributed by atoms with Gasteiger partial charge in [0, 0.05) is 22.9 Å². The van der Waals surface area contributed by atoms with E-state index in [0.717, 1.165) is 50.7 Å². The van der Waals surface area contributed by atoms with Crippen molar-refractivity contribution in [3.8, 4) is 0 Å². The van der Waals surface area contributed by atoms with Gasteiger partial charge in [0.05, 0.1) is 26.2 Å². The smallest absolute Gasteiger partial charge is 0.252 e. The first kappa shape index (κ1) is 19.4. The first-order valence-electron chi connectivity index (χ1n) is 10.5. The quantitative estimate of drug-likeness (QED) is 0.680. The monoisotopic (exact) mass is 389 g/mol. The van der Waals surface area contributed by atoms with Crippen molar-refractivity contribution in [1.82, 2.24) is 9.97 Å². The Hall–Kier alpha value is -2.92. The van der Waals surface area contributed by atoms with Gasteiger partial charge in [0.1, 0.15) is 6.04 Å². The Balaban J connectivity index is 1.54. The summed E-state index contributed by atoms with van der Waals surface area (Å²) in [7, 11) is 0. The summed E-state index contributed by atoms with van der Waals surface area (Å²) in [6.07, 6.45) is 1.83. The second-order valence-corrected chi connectivity index (χ2v) is 7.71. The lowest BCUT2D eigenvalue weighted by Gasteiger charge is -2.37. The minimum absolute atomic E-state index is 0.0559. The number of H-pyrrole nitrogens is 1. The van der Waals surface area contributed by atoms with E-state index >= 15 is 0 Å². The molecule has 0 radical (unpaired) electrons. The number of hydrogen-bond donors (Lipinski definition) is 2. The van der Waals surface area contributed by atoms with Crippen molar-refractivity contribution in [3.05, 3.63) is 93.9 Å². The van der Waals surface area contributed by atoms with Crippen LogP contribution in [0.2, 0.25) is 0 Å².